The van der Waals surface area contributed by atoms with Crippen LogP contribution in [0.4, 0.5) is 0 Å². The van der Waals surface area contributed by atoms with Crippen LogP contribution in [0.2, 0.25) is 0 Å². The van der Waals surface area contributed by atoms with Gasteiger partial charge < -0.3 is 9.84 Å². The summed E-state index contributed by atoms with van der Waals surface area (Å²) in [7, 11) is 0. The van der Waals surface area contributed by atoms with Gasteiger partial charge in [-0.1, -0.05) is 6.42 Å². The summed E-state index contributed by atoms with van der Waals surface area (Å²) >= 11 is 0. The van der Waals surface area contributed by atoms with E-state index in [1.807, 2.05) is 0 Å². The molecule has 2 aliphatic rings. The number of aliphatic hydroxyl groups is 1. The van der Waals surface area contributed by atoms with Crippen LogP contribution in [-0.2, 0) is 9.53 Å². The standard InChI is InChI=1S/C16H21N3O7/c1-8-6-18(16(23)17-14(8)22)15-12(9-4-2-3-5-10(9)21)13(19(24)25)11(7-20)26-15/h6,9,11-13,15,20H,2-5,7H2,1H3,(H,17,22,23)/t9-,11-,12-,13-,15-/m1/s1. The molecule has 0 spiro atoms. The molecule has 26 heavy (non-hydrogen) atoms. The maximum Gasteiger partial charge on any atom is 0.330 e. The molecule has 3 rings (SSSR count). The molecule has 142 valence electrons. The number of hydrogen-bond donors (Lipinski definition) is 2. The van der Waals surface area contributed by atoms with Crippen molar-refractivity contribution in [3.63, 3.8) is 0 Å². The Hall–Kier alpha value is -2.33. The zero-order chi connectivity index (χ0) is 19.0. The zero-order valence-corrected chi connectivity index (χ0v) is 14.3. The van der Waals surface area contributed by atoms with Crippen molar-refractivity contribution in [2.45, 2.75) is 51.0 Å². The summed E-state index contributed by atoms with van der Waals surface area (Å²) in [4.78, 5) is 49.6. The van der Waals surface area contributed by atoms with Gasteiger partial charge in [-0.05, 0) is 19.8 Å². The van der Waals surface area contributed by atoms with Crippen LogP contribution < -0.4 is 11.2 Å². The van der Waals surface area contributed by atoms with Gasteiger partial charge in [0, 0.05) is 29.0 Å². The van der Waals surface area contributed by atoms with E-state index < -0.39 is 53.0 Å². The first-order valence-corrected chi connectivity index (χ1v) is 8.59. The summed E-state index contributed by atoms with van der Waals surface area (Å²) < 4.78 is 6.75. The minimum absolute atomic E-state index is 0.0884. The predicted octanol–water partition coefficient (Wildman–Crippen LogP) is -0.244. The molecule has 1 saturated carbocycles. The Bertz CT molecular complexity index is 830. The SMILES string of the molecule is Cc1cn([C@@H]2O[C@H](CO)[C@@H]([N+](=O)[O-])[C@H]2[C@@H]2CCCCC2=O)c(=O)[nH]c1=O. The molecular formula is C16H21N3O7. The molecule has 1 aromatic heterocycles. The maximum atomic E-state index is 12.4. The van der Waals surface area contributed by atoms with Crippen molar-refractivity contribution < 1.29 is 19.6 Å². The number of Topliss-reactive ketones (excluding diaryl/α,β-unsaturated/α-hetero) is 1. The summed E-state index contributed by atoms with van der Waals surface area (Å²) in [5.41, 5.74) is -1.08. The van der Waals surface area contributed by atoms with E-state index in [-0.39, 0.29) is 11.3 Å². The molecule has 5 atom stereocenters. The van der Waals surface area contributed by atoms with Crippen LogP contribution in [0.15, 0.2) is 15.8 Å². The van der Waals surface area contributed by atoms with Gasteiger partial charge in [-0.15, -0.1) is 0 Å². The minimum Gasteiger partial charge on any atom is -0.393 e. The molecule has 0 aromatic carbocycles. The normalized spacial score (nSPS) is 31.9. The highest BCUT2D eigenvalue weighted by molar-refractivity contribution is 5.82. The number of aromatic amines is 1. The third kappa shape index (κ3) is 3.10. The number of nitro groups is 1. The maximum absolute atomic E-state index is 12.4. The van der Waals surface area contributed by atoms with Gasteiger partial charge in [0.15, 0.2) is 6.10 Å². The van der Waals surface area contributed by atoms with Crippen molar-refractivity contribution in [1.29, 1.82) is 0 Å². The Balaban J connectivity index is 2.11. The molecular weight excluding hydrogens is 346 g/mol. The molecule has 0 unspecified atom stereocenters. The zero-order valence-electron chi connectivity index (χ0n) is 14.3. The fourth-order valence-corrected chi connectivity index (χ4v) is 4.07. The van der Waals surface area contributed by atoms with Crippen LogP contribution >= 0.6 is 0 Å². The van der Waals surface area contributed by atoms with Crippen molar-refractivity contribution in [2.75, 3.05) is 6.61 Å². The topological polar surface area (TPSA) is 145 Å². The fraction of sp³-hybridized carbons (Fsp3) is 0.688. The monoisotopic (exact) mass is 367 g/mol. The number of carbonyl (C=O) groups is 1. The van der Waals surface area contributed by atoms with Gasteiger partial charge in [0.05, 0.1) is 12.5 Å². The lowest BCUT2D eigenvalue weighted by Gasteiger charge is -2.30. The highest BCUT2D eigenvalue weighted by Gasteiger charge is 2.57. The Kier molecular flexibility index (Phi) is 5.05. The number of hydrogen-bond acceptors (Lipinski definition) is 7. The molecule has 0 radical (unpaired) electrons. The number of nitrogens with zero attached hydrogens (tertiary/aromatic N) is 2. The van der Waals surface area contributed by atoms with Crippen molar-refractivity contribution >= 4 is 5.78 Å². The van der Waals surface area contributed by atoms with Gasteiger partial charge in [0.1, 0.15) is 12.0 Å². The Labute approximate surface area is 147 Å². The molecule has 0 bridgehead atoms. The lowest BCUT2D eigenvalue weighted by atomic mass is 9.75. The number of aromatic nitrogens is 2. The molecule has 2 fully saturated rings. The second kappa shape index (κ2) is 7.12. The first-order chi connectivity index (χ1) is 12.3. The van der Waals surface area contributed by atoms with Gasteiger partial charge in [0.25, 0.3) is 5.56 Å². The van der Waals surface area contributed by atoms with Crippen LogP contribution in [-0.4, -0.2) is 44.1 Å². The molecule has 1 saturated heterocycles. The second-order valence-corrected chi connectivity index (χ2v) is 6.90. The van der Waals surface area contributed by atoms with Gasteiger partial charge in [-0.25, -0.2) is 4.79 Å². The number of rotatable bonds is 4. The second-order valence-electron chi connectivity index (χ2n) is 6.90. The highest BCUT2D eigenvalue weighted by Crippen LogP contribution is 2.44. The highest BCUT2D eigenvalue weighted by atomic mass is 16.6. The molecule has 10 heteroatoms. The Morgan fingerprint density at radius 2 is 2.12 bits per heavy atom. The smallest absolute Gasteiger partial charge is 0.330 e. The van der Waals surface area contributed by atoms with Crippen LogP contribution in [0.25, 0.3) is 0 Å². The van der Waals surface area contributed by atoms with Crippen LogP contribution in [0.3, 0.4) is 0 Å². The van der Waals surface area contributed by atoms with Gasteiger partial charge in [-0.3, -0.25) is 29.3 Å². The average Bonchev–Trinajstić information content (AvgIpc) is 2.98. The molecule has 2 N–H and O–H groups in total. The molecule has 1 aliphatic heterocycles. The van der Waals surface area contributed by atoms with E-state index in [0.29, 0.717) is 12.8 Å². The number of aryl methyl sites for hydroxylation is 1. The minimum atomic E-state index is -1.31. The van der Waals surface area contributed by atoms with Crippen molar-refractivity contribution in [3.8, 4) is 0 Å². The number of ether oxygens (including phenoxy) is 1. The van der Waals surface area contributed by atoms with Crippen molar-refractivity contribution in [3.05, 3.63) is 42.7 Å². The van der Waals surface area contributed by atoms with E-state index >= 15 is 0 Å². The van der Waals surface area contributed by atoms with Crippen LogP contribution in [0, 0.1) is 28.9 Å². The van der Waals surface area contributed by atoms with E-state index in [1.165, 1.54) is 13.1 Å². The number of carbonyl (C=O) groups excluding carboxylic acids is 1. The molecule has 0 amide bonds. The van der Waals surface area contributed by atoms with Gasteiger partial charge in [0.2, 0.25) is 6.04 Å². The average molecular weight is 367 g/mol. The number of ketones is 1. The van der Waals surface area contributed by atoms with Crippen molar-refractivity contribution in [2.24, 2.45) is 11.8 Å². The summed E-state index contributed by atoms with van der Waals surface area (Å²) in [6.07, 6.45) is 1.35. The van der Waals surface area contributed by atoms with E-state index in [1.54, 1.807) is 0 Å². The lowest BCUT2D eigenvalue weighted by Crippen LogP contribution is -2.44. The summed E-state index contributed by atoms with van der Waals surface area (Å²) in [5, 5.41) is 21.2. The summed E-state index contributed by atoms with van der Waals surface area (Å²) in [5.74, 6) is -1.60. The quantitative estimate of drug-likeness (QED) is 0.551. The van der Waals surface area contributed by atoms with E-state index in [2.05, 4.69) is 4.98 Å². The number of aliphatic hydroxyl groups excluding tert-OH is 1. The molecule has 10 nitrogen and oxygen atoms in total. The van der Waals surface area contributed by atoms with Crippen LogP contribution in [0.1, 0.15) is 37.5 Å². The first-order valence-electron chi connectivity index (χ1n) is 8.59. The third-order valence-corrected chi connectivity index (χ3v) is 5.33. The number of nitrogens with one attached hydrogen (secondary N) is 1. The van der Waals surface area contributed by atoms with Crippen molar-refractivity contribution in [1.82, 2.24) is 9.55 Å². The largest absolute Gasteiger partial charge is 0.393 e. The van der Waals surface area contributed by atoms with E-state index in [0.717, 1.165) is 17.4 Å². The first kappa shape index (κ1) is 18.5. The lowest BCUT2D eigenvalue weighted by molar-refractivity contribution is -0.536. The number of H-pyrrole nitrogens is 1. The molecule has 1 aliphatic carbocycles. The Morgan fingerprint density at radius 3 is 2.73 bits per heavy atom. The molecule has 2 heterocycles. The van der Waals surface area contributed by atoms with Crippen LogP contribution in [0.5, 0.6) is 0 Å². The third-order valence-electron chi connectivity index (χ3n) is 5.33. The van der Waals surface area contributed by atoms with E-state index in [4.69, 9.17) is 4.74 Å². The summed E-state index contributed by atoms with van der Waals surface area (Å²) in [6.45, 7) is 0.898. The Morgan fingerprint density at radius 1 is 1.38 bits per heavy atom. The fourth-order valence-electron chi connectivity index (χ4n) is 4.07. The van der Waals surface area contributed by atoms with Gasteiger partial charge in [-0.2, -0.15) is 0 Å². The van der Waals surface area contributed by atoms with E-state index in [9.17, 15) is 29.6 Å². The predicted molar refractivity (Wildman–Crippen MR) is 88.3 cm³/mol. The van der Waals surface area contributed by atoms with Gasteiger partial charge >= 0.3 is 5.69 Å². The summed E-state index contributed by atoms with van der Waals surface area (Å²) in [6, 6.07) is -1.31. The molecule has 1 aromatic rings.